The van der Waals surface area contributed by atoms with Gasteiger partial charge < -0.3 is 9.64 Å². The van der Waals surface area contributed by atoms with Crippen molar-refractivity contribution in [2.24, 2.45) is 11.8 Å². The first kappa shape index (κ1) is 18.5. The monoisotopic (exact) mass is 364 g/mol. The minimum Gasteiger partial charge on any atom is -0.444 e. The van der Waals surface area contributed by atoms with Gasteiger partial charge in [0.15, 0.2) is 0 Å². The molecule has 2 atom stereocenters. The molecular formula is C20H29ClN2O2. The number of carbonyl (C=O) groups excluding carboxylic acids is 1. The lowest BCUT2D eigenvalue weighted by atomic mass is 10.0. The minimum atomic E-state index is -0.424. The van der Waals surface area contributed by atoms with E-state index in [-0.39, 0.29) is 6.09 Å². The zero-order valence-corrected chi connectivity index (χ0v) is 16.4. The van der Waals surface area contributed by atoms with E-state index in [1.165, 1.54) is 5.56 Å². The van der Waals surface area contributed by atoms with Gasteiger partial charge in [0, 0.05) is 30.7 Å². The number of likely N-dealkylation sites (tertiary alicyclic amines) is 1. The summed E-state index contributed by atoms with van der Waals surface area (Å²) in [5.41, 5.74) is 0.756. The molecule has 1 saturated carbocycles. The first-order valence-electron chi connectivity index (χ1n) is 9.14. The lowest BCUT2D eigenvalue weighted by Crippen LogP contribution is -2.37. The van der Waals surface area contributed by atoms with Crippen LogP contribution in [0.1, 0.15) is 39.2 Å². The van der Waals surface area contributed by atoms with Crippen molar-refractivity contribution in [1.29, 1.82) is 0 Å². The van der Waals surface area contributed by atoms with Crippen molar-refractivity contribution in [1.82, 2.24) is 9.80 Å². The van der Waals surface area contributed by atoms with E-state index in [0.29, 0.717) is 17.9 Å². The number of rotatable bonds is 3. The smallest absolute Gasteiger partial charge is 0.410 e. The van der Waals surface area contributed by atoms with Gasteiger partial charge in [-0.2, -0.15) is 0 Å². The van der Waals surface area contributed by atoms with Gasteiger partial charge >= 0.3 is 6.09 Å². The van der Waals surface area contributed by atoms with Crippen LogP contribution in [0.5, 0.6) is 0 Å². The van der Waals surface area contributed by atoms with Gasteiger partial charge in [0.1, 0.15) is 5.60 Å². The molecule has 5 heteroatoms. The maximum atomic E-state index is 12.3. The first-order valence-corrected chi connectivity index (χ1v) is 9.52. The van der Waals surface area contributed by atoms with Crippen molar-refractivity contribution in [3.8, 4) is 0 Å². The normalized spacial score (nSPS) is 26.2. The third kappa shape index (κ3) is 4.48. The average molecular weight is 365 g/mol. The van der Waals surface area contributed by atoms with Crippen molar-refractivity contribution in [3.63, 3.8) is 0 Å². The lowest BCUT2D eigenvalue weighted by molar-refractivity contribution is 0.0275. The van der Waals surface area contributed by atoms with Crippen LogP contribution in [-0.2, 0) is 11.3 Å². The number of benzene rings is 1. The second kappa shape index (κ2) is 7.16. The van der Waals surface area contributed by atoms with Crippen molar-refractivity contribution >= 4 is 17.7 Å². The molecule has 1 saturated heterocycles. The van der Waals surface area contributed by atoms with Crippen LogP contribution in [0.25, 0.3) is 0 Å². The predicted octanol–water partition coefficient (Wildman–Crippen LogP) is 4.42. The van der Waals surface area contributed by atoms with Gasteiger partial charge in [-0.25, -0.2) is 4.79 Å². The second-order valence-corrected chi connectivity index (χ2v) is 8.94. The minimum absolute atomic E-state index is 0.164. The Morgan fingerprint density at radius 1 is 1.24 bits per heavy atom. The number of hydrogen-bond donors (Lipinski definition) is 0. The maximum Gasteiger partial charge on any atom is 0.410 e. The Labute approximate surface area is 156 Å². The van der Waals surface area contributed by atoms with Crippen molar-refractivity contribution < 1.29 is 9.53 Å². The van der Waals surface area contributed by atoms with Crippen LogP contribution in [0.3, 0.4) is 0 Å². The topological polar surface area (TPSA) is 32.8 Å². The largest absolute Gasteiger partial charge is 0.444 e. The number of fused-ring (bicyclic) bond motifs is 1. The summed E-state index contributed by atoms with van der Waals surface area (Å²) < 4.78 is 5.52. The highest BCUT2D eigenvalue weighted by atomic mass is 35.5. The molecule has 2 aliphatic rings. The number of nitrogens with zero attached hydrogens (tertiary/aromatic N) is 2. The van der Waals surface area contributed by atoms with Gasteiger partial charge in [0.2, 0.25) is 0 Å². The zero-order chi connectivity index (χ0) is 18.2. The van der Waals surface area contributed by atoms with Crippen molar-refractivity contribution in [2.45, 2.75) is 51.8 Å². The molecule has 3 rings (SSSR count). The number of ether oxygens (including phenoxy) is 1. The van der Waals surface area contributed by atoms with Crippen LogP contribution >= 0.6 is 11.6 Å². The maximum absolute atomic E-state index is 12.3. The Hall–Kier alpha value is -1.26. The second-order valence-electron chi connectivity index (χ2n) is 8.54. The molecule has 1 aliphatic heterocycles. The third-order valence-electron chi connectivity index (χ3n) is 5.38. The quantitative estimate of drug-likeness (QED) is 0.796. The molecule has 0 bridgehead atoms. The van der Waals surface area contributed by atoms with E-state index >= 15 is 0 Å². The van der Waals surface area contributed by atoms with E-state index in [9.17, 15) is 4.79 Å². The molecule has 1 heterocycles. The van der Waals surface area contributed by atoms with Gasteiger partial charge in [0.05, 0.1) is 0 Å². The molecule has 1 aromatic rings. The van der Waals surface area contributed by atoms with E-state index < -0.39 is 5.60 Å². The molecule has 4 nitrogen and oxygen atoms in total. The molecule has 0 radical (unpaired) electrons. The zero-order valence-electron chi connectivity index (χ0n) is 15.7. The average Bonchev–Trinajstić information content (AvgIpc) is 3.06. The Balaban J connectivity index is 1.53. The number of halogens is 1. The molecule has 25 heavy (non-hydrogen) atoms. The van der Waals surface area contributed by atoms with Crippen LogP contribution in [0, 0.1) is 11.8 Å². The Morgan fingerprint density at radius 3 is 2.40 bits per heavy atom. The fourth-order valence-corrected chi connectivity index (χ4v) is 4.32. The molecule has 0 aromatic heterocycles. The summed E-state index contributed by atoms with van der Waals surface area (Å²) in [6.07, 6.45) is 2.12. The van der Waals surface area contributed by atoms with E-state index in [2.05, 4.69) is 18.0 Å². The van der Waals surface area contributed by atoms with E-state index in [1.807, 2.05) is 43.9 Å². The molecule has 138 valence electrons. The number of carbonyl (C=O) groups is 1. The fraction of sp³-hybridized carbons (Fsp3) is 0.650. The lowest BCUT2D eigenvalue weighted by Gasteiger charge is -2.28. The summed E-state index contributed by atoms with van der Waals surface area (Å²) in [6.45, 7) is 8.29. The standard InChI is InChI=1S/C20H29ClN2O2/c1-20(2,3)25-19(24)23-12-15-9-17(10-16(15)13-23)22(4)11-14-7-5-6-8-18(14)21/h5-8,15-17H,9-13H2,1-4H3. The molecule has 2 unspecified atom stereocenters. The SMILES string of the molecule is CN(Cc1ccccc1Cl)C1CC2CN(C(=O)OC(C)(C)C)CC2C1. The van der Waals surface area contributed by atoms with Crippen molar-refractivity contribution in [2.75, 3.05) is 20.1 Å². The molecule has 1 amide bonds. The number of hydrogen-bond acceptors (Lipinski definition) is 3. The van der Waals surface area contributed by atoms with Crippen LogP contribution in [0.15, 0.2) is 24.3 Å². The van der Waals surface area contributed by atoms with Crippen molar-refractivity contribution in [3.05, 3.63) is 34.9 Å². The van der Waals surface area contributed by atoms with Gasteiger partial charge in [-0.3, -0.25) is 4.90 Å². The molecule has 1 aromatic carbocycles. The summed E-state index contributed by atoms with van der Waals surface area (Å²) in [5, 5.41) is 0.837. The first-order chi connectivity index (χ1) is 11.7. The van der Waals surface area contributed by atoms with Gasteiger partial charge in [0.25, 0.3) is 0 Å². The van der Waals surface area contributed by atoms with E-state index in [1.54, 1.807) is 0 Å². The summed E-state index contributed by atoms with van der Waals surface area (Å²) in [4.78, 5) is 16.6. The number of amides is 1. The van der Waals surface area contributed by atoms with E-state index in [0.717, 1.165) is 37.5 Å². The highest BCUT2D eigenvalue weighted by Gasteiger charge is 2.44. The van der Waals surface area contributed by atoms with Crippen LogP contribution in [0.2, 0.25) is 5.02 Å². The van der Waals surface area contributed by atoms with E-state index in [4.69, 9.17) is 16.3 Å². The van der Waals surface area contributed by atoms with Gasteiger partial charge in [-0.05, 0) is 64.1 Å². The van der Waals surface area contributed by atoms with Gasteiger partial charge in [-0.1, -0.05) is 29.8 Å². The Bertz CT molecular complexity index is 614. The Kier molecular flexibility index (Phi) is 5.31. The Morgan fingerprint density at radius 2 is 1.84 bits per heavy atom. The highest BCUT2D eigenvalue weighted by molar-refractivity contribution is 6.31. The molecule has 1 aliphatic carbocycles. The summed E-state index contributed by atoms with van der Waals surface area (Å²) in [6, 6.07) is 8.62. The van der Waals surface area contributed by atoms with Crippen LogP contribution < -0.4 is 0 Å². The highest BCUT2D eigenvalue weighted by Crippen LogP contribution is 2.40. The molecule has 0 N–H and O–H groups in total. The van der Waals surface area contributed by atoms with Crippen LogP contribution in [0.4, 0.5) is 4.79 Å². The summed E-state index contributed by atoms with van der Waals surface area (Å²) >= 11 is 6.29. The fourth-order valence-electron chi connectivity index (χ4n) is 4.13. The molecular weight excluding hydrogens is 336 g/mol. The van der Waals surface area contributed by atoms with Gasteiger partial charge in [-0.15, -0.1) is 0 Å². The summed E-state index contributed by atoms with van der Waals surface area (Å²) in [5.74, 6) is 1.18. The molecule has 2 fully saturated rings. The summed E-state index contributed by atoms with van der Waals surface area (Å²) in [7, 11) is 2.18. The van der Waals surface area contributed by atoms with Crippen LogP contribution in [-0.4, -0.2) is 47.7 Å². The molecule has 0 spiro atoms. The third-order valence-corrected chi connectivity index (χ3v) is 5.75. The predicted molar refractivity (Wildman–Crippen MR) is 101 cm³/mol.